The number of hydrogen-bond donors (Lipinski definition) is 3. The Balaban J connectivity index is 1.38. The van der Waals surface area contributed by atoms with Gasteiger partial charge in [-0.2, -0.15) is 0 Å². The first-order valence-electron chi connectivity index (χ1n) is 13.8. The van der Waals surface area contributed by atoms with Crippen LogP contribution in [0.2, 0.25) is 10.0 Å². The summed E-state index contributed by atoms with van der Waals surface area (Å²) in [5.41, 5.74) is 8.84. The second-order valence-electron chi connectivity index (χ2n) is 11.5. The van der Waals surface area contributed by atoms with Gasteiger partial charge in [0.15, 0.2) is 0 Å². The first-order valence-corrected chi connectivity index (χ1v) is 14.6. The number of nitrogens with zero attached hydrogens (tertiary/aromatic N) is 1. The van der Waals surface area contributed by atoms with Gasteiger partial charge in [-0.1, -0.05) is 47.5 Å². The molecular weight excluding hydrogens is 566 g/mol. The highest BCUT2D eigenvalue weighted by atomic mass is 35.5. The van der Waals surface area contributed by atoms with Crippen molar-refractivity contribution < 1.29 is 18.7 Å². The summed E-state index contributed by atoms with van der Waals surface area (Å²) in [5, 5.41) is 7.36. The van der Waals surface area contributed by atoms with Crippen molar-refractivity contribution in [3.05, 3.63) is 92.7 Å². The maximum absolute atomic E-state index is 16.0. The minimum atomic E-state index is -1.15. The van der Waals surface area contributed by atoms with Crippen molar-refractivity contribution in [1.29, 1.82) is 0 Å². The number of benzene rings is 3. The zero-order valence-electron chi connectivity index (χ0n) is 22.3. The minimum absolute atomic E-state index is 0.0155. The van der Waals surface area contributed by atoms with E-state index >= 15 is 4.39 Å². The smallest absolute Gasteiger partial charge is 0.337 e. The Morgan fingerprint density at radius 2 is 1.95 bits per heavy atom. The van der Waals surface area contributed by atoms with E-state index in [1.165, 1.54) is 13.2 Å². The van der Waals surface area contributed by atoms with Gasteiger partial charge in [0, 0.05) is 52.5 Å². The summed E-state index contributed by atoms with van der Waals surface area (Å²) in [6, 6.07) is 15.0. The molecule has 1 saturated carbocycles. The van der Waals surface area contributed by atoms with Crippen LogP contribution < -0.4 is 16.4 Å². The molecular formula is C31H29Cl2FN4O3. The summed E-state index contributed by atoms with van der Waals surface area (Å²) in [6.45, 7) is 0.709. The van der Waals surface area contributed by atoms with E-state index in [1.807, 2.05) is 12.1 Å². The highest BCUT2D eigenvalue weighted by molar-refractivity contribution is 6.31. The number of nitrogens with one attached hydrogen (secondary N) is 2. The van der Waals surface area contributed by atoms with Gasteiger partial charge in [0.25, 0.3) is 0 Å². The summed E-state index contributed by atoms with van der Waals surface area (Å²) < 4.78 is 20.8. The standard InChI is InChI=1S/C31H29Cl2FN4O3/c1-41-29(39)16-7-9-18(22(35)11-16)23-13-25-28(36-23)26(19-3-2-4-21(33)27(19)34)31(38(25)14-15-5-6-15)20-10-8-17(32)12-24(20)37-30(31)40/h2-4,7-12,15,23,25-26,28,36H,5-6,13-14,35H2,1H3,(H,37,40)/t23?,25-,26-,28+,31+/m0/s1. The highest BCUT2D eigenvalue weighted by Crippen LogP contribution is 2.61. The Morgan fingerprint density at radius 3 is 2.68 bits per heavy atom. The van der Waals surface area contributed by atoms with Gasteiger partial charge in [-0.05, 0) is 66.6 Å². The average molecular weight is 596 g/mol. The first kappa shape index (κ1) is 26.7. The highest BCUT2D eigenvalue weighted by Gasteiger charge is 2.69. The summed E-state index contributed by atoms with van der Waals surface area (Å²) in [5.74, 6) is -1.29. The van der Waals surface area contributed by atoms with Crippen LogP contribution in [0.3, 0.4) is 0 Å². The number of esters is 1. The number of likely N-dealkylation sites (tertiary alicyclic amines) is 1. The predicted octanol–water partition coefficient (Wildman–Crippen LogP) is 5.63. The molecule has 3 aliphatic heterocycles. The maximum atomic E-state index is 16.0. The van der Waals surface area contributed by atoms with E-state index in [9.17, 15) is 9.59 Å². The molecule has 1 amide bonds. The normalized spacial score (nSPS) is 28.5. The molecule has 3 aromatic rings. The fraction of sp³-hybridized carbons (Fsp3) is 0.355. The lowest BCUT2D eigenvalue weighted by Crippen LogP contribution is -2.53. The molecule has 10 heteroatoms. The third kappa shape index (κ3) is 3.99. The van der Waals surface area contributed by atoms with Crippen molar-refractivity contribution in [2.75, 3.05) is 24.7 Å². The third-order valence-corrected chi connectivity index (χ3v) is 9.81. The number of methoxy groups -OCH3 is 1. The van der Waals surface area contributed by atoms with Crippen molar-refractivity contribution >= 4 is 46.5 Å². The fourth-order valence-electron chi connectivity index (χ4n) is 7.42. The van der Waals surface area contributed by atoms with Gasteiger partial charge in [0.05, 0.1) is 17.7 Å². The Morgan fingerprint density at radius 1 is 1.15 bits per heavy atom. The Kier molecular flexibility index (Phi) is 6.32. The number of fused-ring (bicyclic) bond motifs is 3. The quantitative estimate of drug-likeness (QED) is 0.262. The molecule has 3 heterocycles. The summed E-state index contributed by atoms with van der Waals surface area (Å²) in [6.07, 6.45) is 2.83. The molecule has 7 rings (SSSR count). The molecule has 1 unspecified atom stereocenters. The van der Waals surface area contributed by atoms with Crippen LogP contribution in [0.1, 0.15) is 58.3 Å². The predicted molar refractivity (Wildman–Crippen MR) is 156 cm³/mol. The average Bonchev–Trinajstić information content (AvgIpc) is 3.52. The van der Waals surface area contributed by atoms with Gasteiger partial charge in [0.2, 0.25) is 5.91 Å². The van der Waals surface area contributed by atoms with Crippen LogP contribution in [0.25, 0.3) is 0 Å². The van der Waals surface area contributed by atoms with Gasteiger partial charge in [-0.15, -0.1) is 0 Å². The molecule has 1 spiro atoms. The van der Waals surface area contributed by atoms with Crippen molar-refractivity contribution in [3.63, 3.8) is 0 Å². The van der Waals surface area contributed by atoms with Gasteiger partial charge in [-0.3, -0.25) is 9.69 Å². The largest absolute Gasteiger partial charge is 0.465 e. The summed E-state index contributed by atoms with van der Waals surface area (Å²) in [4.78, 5) is 28.7. The number of carbonyl (C=O) groups is 2. The minimum Gasteiger partial charge on any atom is -0.465 e. The van der Waals surface area contributed by atoms with Crippen molar-refractivity contribution in [2.24, 2.45) is 5.92 Å². The number of ether oxygens (including phenoxy) is 1. The lowest BCUT2D eigenvalue weighted by Gasteiger charge is -2.41. The Hall–Kier alpha value is -3.17. The molecule has 212 valence electrons. The van der Waals surface area contributed by atoms with E-state index in [4.69, 9.17) is 33.7 Å². The summed E-state index contributed by atoms with van der Waals surface area (Å²) in [7, 11) is 1.33. The lowest BCUT2D eigenvalue weighted by molar-refractivity contribution is -0.128. The van der Waals surface area contributed by atoms with Crippen molar-refractivity contribution in [1.82, 2.24) is 10.2 Å². The molecule has 1 aliphatic carbocycles. The van der Waals surface area contributed by atoms with Crippen LogP contribution in [0, 0.1) is 11.7 Å². The number of amides is 1. The van der Waals surface area contributed by atoms with Crippen molar-refractivity contribution in [3.8, 4) is 0 Å². The van der Waals surface area contributed by atoms with Gasteiger partial charge >= 0.3 is 5.97 Å². The Bertz CT molecular complexity index is 1600. The lowest BCUT2D eigenvalue weighted by atomic mass is 9.73. The molecule has 5 atom stereocenters. The van der Waals surface area contributed by atoms with E-state index in [2.05, 4.69) is 15.5 Å². The number of anilines is 2. The molecule has 41 heavy (non-hydrogen) atoms. The van der Waals surface area contributed by atoms with Crippen LogP contribution >= 0.6 is 23.2 Å². The third-order valence-electron chi connectivity index (χ3n) is 9.29. The number of carbonyl (C=O) groups excluding carboxylic acids is 2. The van der Waals surface area contributed by atoms with E-state index in [0.29, 0.717) is 46.4 Å². The molecule has 4 N–H and O–H groups in total. The van der Waals surface area contributed by atoms with E-state index in [0.717, 1.165) is 24.0 Å². The summed E-state index contributed by atoms with van der Waals surface area (Å²) >= 11 is 12.7. The molecule has 3 aromatic carbocycles. The van der Waals surface area contributed by atoms with Gasteiger partial charge in [-0.25, -0.2) is 9.18 Å². The molecule has 0 aromatic heterocycles. The fourth-order valence-corrected chi connectivity index (χ4v) is 7.77. The SMILES string of the molecule is COC(=O)c1ccc(C2C[C@H]3[C@@H](N2)[C@H](c2cccc(Cl)c2F)[C@]2(C(=O)Nc4cc(Cl)ccc42)N3CC2CC2)c(N)c1. The van der Waals surface area contributed by atoms with Crippen LogP contribution in [0.5, 0.6) is 0 Å². The number of nitrogen functional groups attached to an aromatic ring is 1. The van der Waals surface area contributed by atoms with Crippen LogP contribution in [-0.2, 0) is 15.1 Å². The van der Waals surface area contributed by atoms with Gasteiger partial charge < -0.3 is 21.1 Å². The molecule has 2 saturated heterocycles. The number of nitrogens with two attached hydrogens (primary N) is 1. The zero-order valence-corrected chi connectivity index (χ0v) is 23.8. The number of rotatable bonds is 5. The maximum Gasteiger partial charge on any atom is 0.337 e. The second-order valence-corrected chi connectivity index (χ2v) is 12.4. The first-order chi connectivity index (χ1) is 19.7. The van der Waals surface area contributed by atoms with Crippen LogP contribution in [-0.4, -0.2) is 42.5 Å². The van der Waals surface area contributed by atoms with Crippen LogP contribution in [0.4, 0.5) is 15.8 Å². The number of halogens is 3. The molecule has 0 radical (unpaired) electrons. The zero-order chi connectivity index (χ0) is 28.6. The Labute approximate surface area is 247 Å². The molecule has 4 aliphatic rings. The monoisotopic (exact) mass is 594 g/mol. The van der Waals surface area contributed by atoms with Crippen molar-refractivity contribution in [2.45, 2.75) is 48.8 Å². The number of hydrogen-bond acceptors (Lipinski definition) is 6. The molecule has 3 fully saturated rings. The van der Waals surface area contributed by atoms with E-state index in [1.54, 1.807) is 36.4 Å². The van der Waals surface area contributed by atoms with E-state index < -0.39 is 23.2 Å². The van der Waals surface area contributed by atoms with Crippen LogP contribution in [0.15, 0.2) is 54.6 Å². The molecule has 0 bridgehead atoms. The van der Waals surface area contributed by atoms with Gasteiger partial charge in [0.1, 0.15) is 11.4 Å². The second kappa shape index (κ2) is 9.70. The molecule has 7 nitrogen and oxygen atoms in total. The van der Waals surface area contributed by atoms with E-state index in [-0.39, 0.29) is 29.1 Å². The topological polar surface area (TPSA) is 96.7 Å².